The van der Waals surface area contributed by atoms with Gasteiger partial charge in [0, 0.05) is 5.02 Å². The average Bonchev–Trinajstić information content (AvgIpc) is 2.20. The van der Waals surface area contributed by atoms with E-state index in [2.05, 4.69) is 0 Å². The van der Waals surface area contributed by atoms with Crippen molar-refractivity contribution in [1.29, 1.82) is 0 Å². The van der Waals surface area contributed by atoms with Crippen molar-refractivity contribution >= 4 is 39.0 Å². The van der Waals surface area contributed by atoms with E-state index < -0.39 is 21.1 Å². The smallest absolute Gasteiger partial charge is 0.337 e. The molecule has 0 bridgehead atoms. The van der Waals surface area contributed by atoms with Crippen LogP contribution in [0, 0.1) is 0 Å². The highest BCUT2D eigenvalue weighted by Crippen LogP contribution is 2.31. The second-order valence-electron chi connectivity index (χ2n) is 3.66. The molecule has 0 aliphatic heterocycles. The molecular formula is C10H10Cl2O4S. The number of sulfone groups is 1. The van der Waals surface area contributed by atoms with Gasteiger partial charge in [-0.15, -0.1) is 0 Å². The summed E-state index contributed by atoms with van der Waals surface area (Å²) in [6.45, 7) is 2.96. The van der Waals surface area contributed by atoms with Crippen molar-refractivity contribution in [3.63, 3.8) is 0 Å². The minimum atomic E-state index is -3.67. The number of aromatic carboxylic acids is 1. The van der Waals surface area contributed by atoms with Gasteiger partial charge in [0.15, 0.2) is 9.84 Å². The molecule has 7 heteroatoms. The molecule has 1 N–H and O–H groups in total. The fourth-order valence-corrected chi connectivity index (χ4v) is 3.14. The van der Waals surface area contributed by atoms with E-state index in [-0.39, 0.29) is 20.5 Å². The Morgan fingerprint density at radius 3 is 2.24 bits per heavy atom. The van der Waals surface area contributed by atoms with Crippen LogP contribution < -0.4 is 0 Å². The molecule has 0 amide bonds. The quantitative estimate of drug-likeness (QED) is 0.931. The predicted molar refractivity (Wildman–Crippen MR) is 65.7 cm³/mol. The lowest BCUT2D eigenvalue weighted by Crippen LogP contribution is -2.15. The zero-order chi connectivity index (χ0) is 13.4. The van der Waals surface area contributed by atoms with Crippen LogP contribution in [0.3, 0.4) is 0 Å². The van der Waals surface area contributed by atoms with E-state index in [9.17, 15) is 13.2 Å². The monoisotopic (exact) mass is 296 g/mol. The van der Waals surface area contributed by atoms with E-state index in [0.717, 1.165) is 12.1 Å². The predicted octanol–water partition coefficient (Wildman–Crippen LogP) is 2.87. The fourth-order valence-electron chi connectivity index (χ4n) is 1.18. The Morgan fingerprint density at radius 1 is 1.29 bits per heavy atom. The van der Waals surface area contributed by atoms with E-state index in [0.29, 0.717) is 0 Å². The Hall–Kier alpha value is -0.780. The van der Waals surface area contributed by atoms with Crippen molar-refractivity contribution in [2.75, 3.05) is 0 Å². The highest BCUT2D eigenvalue weighted by atomic mass is 35.5. The van der Waals surface area contributed by atoms with Crippen LogP contribution in [-0.4, -0.2) is 24.7 Å². The number of hydrogen-bond acceptors (Lipinski definition) is 3. The summed E-state index contributed by atoms with van der Waals surface area (Å²) in [6, 6.07) is 2.28. The number of halogens is 2. The summed E-state index contributed by atoms with van der Waals surface area (Å²) in [6.07, 6.45) is 0. The average molecular weight is 297 g/mol. The molecule has 0 aromatic heterocycles. The second kappa shape index (κ2) is 4.84. The number of rotatable bonds is 3. The van der Waals surface area contributed by atoms with Gasteiger partial charge in [0.1, 0.15) is 0 Å². The van der Waals surface area contributed by atoms with Crippen LogP contribution in [-0.2, 0) is 9.84 Å². The number of benzene rings is 1. The molecule has 0 fully saturated rings. The van der Waals surface area contributed by atoms with Crippen LogP contribution in [0.4, 0.5) is 0 Å². The highest BCUT2D eigenvalue weighted by Gasteiger charge is 2.26. The van der Waals surface area contributed by atoms with Gasteiger partial charge < -0.3 is 5.11 Å². The molecule has 0 aliphatic rings. The molecule has 0 atom stereocenters. The minimum Gasteiger partial charge on any atom is -0.478 e. The van der Waals surface area contributed by atoms with Gasteiger partial charge >= 0.3 is 5.97 Å². The molecular weight excluding hydrogens is 287 g/mol. The third kappa shape index (κ3) is 2.73. The SMILES string of the molecule is CC(C)S(=O)(=O)c1cc(Cl)cc(C(=O)O)c1Cl. The van der Waals surface area contributed by atoms with E-state index in [1.54, 1.807) is 0 Å². The molecule has 1 aromatic rings. The fraction of sp³-hybridized carbons (Fsp3) is 0.300. The zero-order valence-electron chi connectivity index (χ0n) is 9.07. The molecule has 0 unspecified atom stereocenters. The largest absolute Gasteiger partial charge is 0.478 e. The van der Waals surface area contributed by atoms with E-state index in [1.165, 1.54) is 13.8 Å². The van der Waals surface area contributed by atoms with Crippen LogP contribution in [0.2, 0.25) is 10.0 Å². The van der Waals surface area contributed by atoms with Crippen molar-refractivity contribution in [3.05, 3.63) is 27.7 Å². The van der Waals surface area contributed by atoms with Gasteiger partial charge in [-0.05, 0) is 26.0 Å². The van der Waals surface area contributed by atoms with Gasteiger partial charge in [-0.1, -0.05) is 23.2 Å². The standard InChI is InChI=1S/C10H10Cl2O4S/c1-5(2)17(15,16)8-4-6(11)3-7(9(8)12)10(13)14/h3-5H,1-2H3,(H,13,14). The first-order chi connectivity index (χ1) is 7.67. The van der Waals surface area contributed by atoms with Gasteiger partial charge in [0.05, 0.1) is 20.7 Å². The first-order valence-electron chi connectivity index (χ1n) is 4.64. The molecule has 0 saturated carbocycles. The first-order valence-corrected chi connectivity index (χ1v) is 6.94. The van der Waals surface area contributed by atoms with Gasteiger partial charge in [0.2, 0.25) is 0 Å². The van der Waals surface area contributed by atoms with Crippen LogP contribution in [0.1, 0.15) is 24.2 Å². The van der Waals surface area contributed by atoms with Crippen molar-refractivity contribution in [2.45, 2.75) is 24.0 Å². The molecule has 0 spiro atoms. The number of carboxylic acid groups (broad SMARTS) is 1. The summed E-state index contributed by atoms with van der Waals surface area (Å²) in [5.74, 6) is -1.32. The number of hydrogen-bond donors (Lipinski definition) is 1. The Kier molecular flexibility index (Phi) is 4.06. The van der Waals surface area contributed by atoms with E-state index in [4.69, 9.17) is 28.3 Å². The summed E-state index contributed by atoms with van der Waals surface area (Å²) in [4.78, 5) is 10.6. The highest BCUT2D eigenvalue weighted by molar-refractivity contribution is 7.92. The normalized spacial score (nSPS) is 11.8. The van der Waals surface area contributed by atoms with Crippen molar-refractivity contribution < 1.29 is 18.3 Å². The maximum Gasteiger partial charge on any atom is 0.337 e. The zero-order valence-corrected chi connectivity index (χ0v) is 11.4. The summed E-state index contributed by atoms with van der Waals surface area (Å²) in [5.41, 5.74) is -0.321. The molecule has 0 radical (unpaired) electrons. The van der Waals surface area contributed by atoms with Crippen LogP contribution in [0.15, 0.2) is 17.0 Å². The van der Waals surface area contributed by atoms with Crippen molar-refractivity contribution in [1.82, 2.24) is 0 Å². The number of carbonyl (C=O) groups is 1. The number of carboxylic acids is 1. The van der Waals surface area contributed by atoms with Gasteiger partial charge in [-0.3, -0.25) is 0 Å². The molecule has 4 nitrogen and oxygen atoms in total. The third-order valence-corrected chi connectivity index (χ3v) is 5.08. The lowest BCUT2D eigenvalue weighted by molar-refractivity contribution is 0.0697. The topological polar surface area (TPSA) is 71.4 Å². The second-order valence-corrected chi connectivity index (χ2v) is 6.95. The third-order valence-electron chi connectivity index (χ3n) is 2.16. The molecule has 17 heavy (non-hydrogen) atoms. The summed E-state index contributed by atoms with van der Waals surface area (Å²) in [5, 5.41) is 7.88. The van der Waals surface area contributed by atoms with Gasteiger partial charge in [-0.2, -0.15) is 0 Å². The molecule has 0 saturated heterocycles. The molecule has 0 heterocycles. The van der Waals surface area contributed by atoms with Crippen molar-refractivity contribution in [3.8, 4) is 0 Å². The molecule has 94 valence electrons. The lowest BCUT2D eigenvalue weighted by atomic mass is 10.2. The summed E-state index contributed by atoms with van der Waals surface area (Å²) in [7, 11) is -3.67. The van der Waals surface area contributed by atoms with Crippen LogP contribution in [0.5, 0.6) is 0 Å². The Balaban J connectivity index is 3.62. The Morgan fingerprint density at radius 2 is 1.82 bits per heavy atom. The van der Waals surface area contributed by atoms with Gasteiger partial charge in [-0.25, -0.2) is 13.2 Å². The van der Waals surface area contributed by atoms with E-state index >= 15 is 0 Å². The first kappa shape index (κ1) is 14.3. The van der Waals surface area contributed by atoms with Crippen molar-refractivity contribution in [2.24, 2.45) is 0 Å². The Labute approximate surface area is 109 Å². The van der Waals surface area contributed by atoms with Crippen LogP contribution >= 0.6 is 23.2 Å². The molecule has 0 aliphatic carbocycles. The maximum absolute atomic E-state index is 11.9. The maximum atomic E-state index is 11.9. The molecule has 1 aromatic carbocycles. The molecule has 1 rings (SSSR count). The van der Waals surface area contributed by atoms with Gasteiger partial charge in [0.25, 0.3) is 0 Å². The minimum absolute atomic E-state index is 0.0195. The van der Waals surface area contributed by atoms with E-state index in [1.807, 2.05) is 0 Å². The Bertz CT molecular complexity index is 564. The summed E-state index contributed by atoms with van der Waals surface area (Å²) < 4.78 is 23.9. The lowest BCUT2D eigenvalue weighted by Gasteiger charge is -2.11. The summed E-state index contributed by atoms with van der Waals surface area (Å²) >= 11 is 11.5. The van der Waals surface area contributed by atoms with Crippen LogP contribution in [0.25, 0.3) is 0 Å².